The normalized spacial score (nSPS) is 12.3. The van der Waals surface area contributed by atoms with Gasteiger partial charge in [0.2, 0.25) is 5.91 Å². The van der Waals surface area contributed by atoms with Crippen LogP contribution in [0.25, 0.3) is 0 Å². The number of aliphatic hydroxyl groups excluding tert-OH is 2. The molecule has 0 aromatic carbocycles. The van der Waals surface area contributed by atoms with Gasteiger partial charge in [0.05, 0.1) is 0 Å². The number of hydrogen-bond acceptors (Lipinski definition) is 3. The van der Waals surface area contributed by atoms with Gasteiger partial charge in [-0.15, -0.1) is 0 Å². The van der Waals surface area contributed by atoms with Crippen LogP contribution < -0.4 is 0 Å². The lowest BCUT2D eigenvalue weighted by Crippen LogP contribution is -2.37. The SMILES string of the molecule is CCCCCCCCCCCCCCCCC(CC)C(=O)N(CO)CO. The van der Waals surface area contributed by atoms with E-state index in [-0.39, 0.29) is 11.8 Å². The van der Waals surface area contributed by atoms with Crippen molar-refractivity contribution >= 4 is 5.91 Å². The van der Waals surface area contributed by atoms with Gasteiger partial charge in [0.15, 0.2) is 0 Å². The highest BCUT2D eigenvalue weighted by Crippen LogP contribution is 2.18. The Morgan fingerprint density at radius 3 is 1.42 bits per heavy atom. The second-order valence-electron chi connectivity index (χ2n) is 7.65. The van der Waals surface area contributed by atoms with E-state index in [0.29, 0.717) is 0 Å². The number of carbonyl (C=O) groups excluding carboxylic acids is 1. The zero-order chi connectivity index (χ0) is 19.5. The van der Waals surface area contributed by atoms with Crippen LogP contribution in [0.3, 0.4) is 0 Å². The van der Waals surface area contributed by atoms with Gasteiger partial charge in [-0.25, -0.2) is 0 Å². The van der Waals surface area contributed by atoms with Crippen LogP contribution in [0.15, 0.2) is 0 Å². The van der Waals surface area contributed by atoms with Crippen LogP contribution in [0.2, 0.25) is 0 Å². The van der Waals surface area contributed by atoms with Gasteiger partial charge in [0.1, 0.15) is 13.5 Å². The van der Waals surface area contributed by atoms with Crippen LogP contribution in [0, 0.1) is 5.92 Å². The summed E-state index contributed by atoms with van der Waals surface area (Å²) >= 11 is 0. The van der Waals surface area contributed by atoms with E-state index in [4.69, 9.17) is 10.2 Å². The molecule has 0 bridgehead atoms. The average Bonchev–Trinajstić information content (AvgIpc) is 2.66. The van der Waals surface area contributed by atoms with Crippen LogP contribution in [-0.2, 0) is 4.79 Å². The number of unbranched alkanes of at least 4 members (excludes halogenated alkanes) is 13. The first kappa shape index (κ1) is 25.4. The second-order valence-corrected chi connectivity index (χ2v) is 7.65. The van der Waals surface area contributed by atoms with E-state index < -0.39 is 13.5 Å². The third-order valence-electron chi connectivity index (χ3n) is 5.40. The molecule has 1 atom stereocenters. The Kier molecular flexibility index (Phi) is 18.7. The summed E-state index contributed by atoms with van der Waals surface area (Å²) in [5, 5.41) is 18.2. The predicted octanol–water partition coefficient (Wildman–Crippen LogP) is 5.61. The van der Waals surface area contributed by atoms with Crippen molar-refractivity contribution in [2.24, 2.45) is 5.92 Å². The predicted molar refractivity (Wildman–Crippen MR) is 110 cm³/mol. The quantitative estimate of drug-likeness (QED) is 0.229. The second kappa shape index (κ2) is 19.2. The van der Waals surface area contributed by atoms with Gasteiger partial charge in [-0.3, -0.25) is 9.69 Å². The average molecular weight is 372 g/mol. The van der Waals surface area contributed by atoms with E-state index in [2.05, 4.69) is 6.92 Å². The third kappa shape index (κ3) is 13.6. The molecule has 0 heterocycles. The summed E-state index contributed by atoms with van der Waals surface area (Å²) in [5.41, 5.74) is 0. The highest BCUT2D eigenvalue weighted by molar-refractivity contribution is 5.78. The van der Waals surface area contributed by atoms with E-state index in [0.717, 1.165) is 24.2 Å². The molecule has 0 radical (unpaired) electrons. The molecule has 0 aliphatic heterocycles. The molecule has 2 N–H and O–H groups in total. The van der Waals surface area contributed by atoms with Crippen molar-refractivity contribution in [3.63, 3.8) is 0 Å². The molecule has 0 aromatic heterocycles. The fourth-order valence-electron chi connectivity index (χ4n) is 3.53. The molecule has 0 spiro atoms. The largest absolute Gasteiger partial charge is 0.376 e. The Bertz CT molecular complexity index is 306. The topological polar surface area (TPSA) is 60.8 Å². The fourth-order valence-corrected chi connectivity index (χ4v) is 3.53. The van der Waals surface area contributed by atoms with Crippen LogP contribution in [-0.4, -0.2) is 34.5 Å². The Morgan fingerprint density at radius 2 is 1.08 bits per heavy atom. The molecule has 0 rings (SSSR count). The molecular formula is C22H45NO3. The lowest BCUT2D eigenvalue weighted by molar-refractivity contribution is -0.144. The van der Waals surface area contributed by atoms with Gasteiger partial charge < -0.3 is 10.2 Å². The zero-order valence-electron chi connectivity index (χ0n) is 17.6. The number of nitrogens with zero attached hydrogens (tertiary/aromatic N) is 1. The third-order valence-corrected chi connectivity index (χ3v) is 5.40. The van der Waals surface area contributed by atoms with Gasteiger partial charge in [-0.05, 0) is 12.8 Å². The molecule has 0 aliphatic rings. The number of rotatable bonds is 19. The van der Waals surface area contributed by atoms with Crippen LogP contribution in [0.4, 0.5) is 0 Å². The van der Waals surface area contributed by atoms with Gasteiger partial charge >= 0.3 is 0 Å². The highest BCUT2D eigenvalue weighted by Gasteiger charge is 2.21. The van der Waals surface area contributed by atoms with Crippen LogP contribution in [0.1, 0.15) is 117 Å². The molecule has 0 fully saturated rings. The molecule has 0 saturated carbocycles. The van der Waals surface area contributed by atoms with E-state index in [9.17, 15) is 4.79 Å². The minimum absolute atomic E-state index is 0.0633. The molecule has 1 unspecified atom stereocenters. The first-order valence-corrected chi connectivity index (χ1v) is 11.2. The Hall–Kier alpha value is -0.610. The van der Waals surface area contributed by atoms with Crippen molar-refractivity contribution in [2.45, 2.75) is 117 Å². The van der Waals surface area contributed by atoms with Crippen molar-refractivity contribution in [1.82, 2.24) is 4.90 Å². The van der Waals surface area contributed by atoms with E-state index >= 15 is 0 Å². The van der Waals surface area contributed by atoms with Crippen LogP contribution in [0.5, 0.6) is 0 Å². The molecule has 0 aromatic rings. The summed E-state index contributed by atoms with van der Waals surface area (Å²) < 4.78 is 0. The molecule has 0 aliphatic carbocycles. The van der Waals surface area contributed by atoms with Crippen molar-refractivity contribution < 1.29 is 15.0 Å². The lowest BCUT2D eigenvalue weighted by Gasteiger charge is -2.22. The lowest BCUT2D eigenvalue weighted by atomic mass is 9.96. The highest BCUT2D eigenvalue weighted by atomic mass is 16.3. The molecular weight excluding hydrogens is 326 g/mol. The van der Waals surface area contributed by atoms with Crippen molar-refractivity contribution in [2.75, 3.05) is 13.5 Å². The van der Waals surface area contributed by atoms with Crippen molar-refractivity contribution in [3.8, 4) is 0 Å². The Labute approximate surface area is 162 Å². The minimum Gasteiger partial charge on any atom is -0.376 e. The summed E-state index contributed by atoms with van der Waals surface area (Å²) in [6.07, 6.45) is 20.3. The molecule has 156 valence electrons. The monoisotopic (exact) mass is 371 g/mol. The zero-order valence-corrected chi connectivity index (χ0v) is 17.6. The van der Waals surface area contributed by atoms with Crippen molar-refractivity contribution in [1.29, 1.82) is 0 Å². The minimum atomic E-state index is -0.398. The molecule has 0 saturated heterocycles. The van der Waals surface area contributed by atoms with E-state index in [1.807, 2.05) is 6.92 Å². The fraction of sp³-hybridized carbons (Fsp3) is 0.955. The summed E-state index contributed by atoms with van der Waals surface area (Å²) in [7, 11) is 0. The van der Waals surface area contributed by atoms with Crippen molar-refractivity contribution in [3.05, 3.63) is 0 Å². The van der Waals surface area contributed by atoms with Gasteiger partial charge in [-0.1, -0.05) is 104 Å². The van der Waals surface area contributed by atoms with Crippen LogP contribution >= 0.6 is 0 Å². The molecule has 26 heavy (non-hydrogen) atoms. The maximum Gasteiger partial charge on any atom is 0.229 e. The summed E-state index contributed by atoms with van der Waals surface area (Å²) in [6.45, 7) is 3.47. The summed E-state index contributed by atoms with van der Waals surface area (Å²) in [5.74, 6) is -0.182. The standard InChI is InChI=1S/C22H45NO3/c1-3-5-6-7-8-9-10-11-12-13-14-15-16-17-18-21(4-2)22(26)23(19-24)20-25/h21,24-25H,3-20H2,1-2H3. The maximum absolute atomic E-state index is 12.1. The molecule has 4 nitrogen and oxygen atoms in total. The first-order chi connectivity index (χ1) is 12.7. The molecule has 1 amide bonds. The summed E-state index contributed by atoms with van der Waals surface area (Å²) in [4.78, 5) is 13.2. The molecule has 4 heteroatoms. The number of amides is 1. The number of carbonyl (C=O) groups is 1. The maximum atomic E-state index is 12.1. The van der Waals surface area contributed by atoms with E-state index in [1.54, 1.807) is 0 Å². The number of hydrogen-bond donors (Lipinski definition) is 2. The van der Waals surface area contributed by atoms with Gasteiger partial charge in [-0.2, -0.15) is 0 Å². The summed E-state index contributed by atoms with van der Waals surface area (Å²) in [6, 6.07) is 0. The van der Waals surface area contributed by atoms with Gasteiger partial charge in [0, 0.05) is 5.92 Å². The van der Waals surface area contributed by atoms with Gasteiger partial charge in [0.25, 0.3) is 0 Å². The van der Waals surface area contributed by atoms with E-state index in [1.165, 1.54) is 83.5 Å². The Morgan fingerprint density at radius 1 is 0.692 bits per heavy atom. The number of aliphatic hydroxyl groups is 2. The first-order valence-electron chi connectivity index (χ1n) is 11.2. The smallest absolute Gasteiger partial charge is 0.229 e. The Balaban J connectivity index is 3.45.